The Morgan fingerprint density at radius 3 is 2.71 bits per heavy atom. The minimum absolute atomic E-state index is 0.274. The van der Waals surface area contributed by atoms with Crippen molar-refractivity contribution in [3.8, 4) is 0 Å². The number of carbonyl (C=O) groups excluding carboxylic acids is 1. The Hall–Kier alpha value is -2.03. The van der Waals surface area contributed by atoms with Crippen LogP contribution in [0.25, 0.3) is 11.0 Å². The van der Waals surface area contributed by atoms with Gasteiger partial charge in [0.15, 0.2) is 17.7 Å². The first-order valence-corrected chi connectivity index (χ1v) is 10.6. The van der Waals surface area contributed by atoms with Crippen molar-refractivity contribution in [2.24, 2.45) is 0 Å². The van der Waals surface area contributed by atoms with Crippen molar-refractivity contribution in [3.63, 3.8) is 0 Å². The number of hydrogen-bond donors (Lipinski definition) is 1. The summed E-state index contributed by atoms with van der Waals surface area (Å²) < 4.78 is 14.1. The zero-order valence-electron chi connectivity index (χ0n) is 17.6. The Morgan fingerprint density at radius 1 is 1.29 bits per heavy atom. The zero-order chi connectivity index (χ0) is 22.6. The summed E-state index contributed by atoms with van der Waals surface area (Å²) in [5.74, 6) is -1.78. The molecule has 9 heteroatoms. The number of aromatic nitrogens is 3. The summed E-state index contributed by atoms with van der Waals surface area (Å²) in [6.45, 7) is 6.71. The van der Waals surface area contributed by atoms with Gasteiger partial charge in [0.1, 0.15) is 23.8 Å². The predicted molar refractivity (Wildman–Crippen MR) is 117 cm³/mol. The van der Waals surface area contributed by atoms with E-state index in [0.29, 0.717) is 22.7 Å². The molecule has 31 heavy (non-hydrogen) atoms. The van der Waals surface area contributed by atoms with Crippen LogP contribution in [0.4, 0.5) is 0 Å². The first kappa shape index (κ1) is 22.2. The van der Waals surface area contributed by atoms with Crippen LogP contribution < -0.4 is 0 Å². The van der Waals surface area contributed by atoms with E-state index in [2.05, 4.69) is 9.97 Å². The maximum absolute atomic E-state index is 13.4. The van der Waals surface area contributed by atoms with Crippen molar-refractivity contribution >= 4 is 40.0 Å². The number of fused-ring (bicyclic) bond motifs is 1. The predicted octanol–water partition coefficient (Wildman–Crippen LogP) is 4.72. The first-order chi connectivity index (χ1) is 14.5. The van der Waals surface area contributed by atoms with Gasteiger partial charge in [-0.1, -0.05) is 23.2 Å². The number of Topliss-reactive ketones (excluding diaryl/α,β-unsaturated/α-hetero) is 1. The van der Waals surface area contributed by atoms with Crippen LogP contribution in [0.2, 0.25) is 10.0 Å². The lowest BCUT2D eigenvalue weighted by Gasteiger charge is -2.35. The fraction of sp³-hybridized carbons (Fsp3) is 0.409. The minimum Gasteiger partial charge on any atom is -0.366 e. The summed E-state index contributed by atoms with van der Waals surface area (Å²) in [5.41, 5.74) is 0.790. The van der Waals surface area contributed by atoms with Crippen LogP contribution in [-0.2, 0) is 9.47 Å². The normalized spacial score (nSPS) is 24.1. The van der Waals surface area contributed by atoms with Crippen molar-refractivity contribution in [2.75, 3.05) is 0 Å². The quantitative estimate of drug-likeness (QED) is 0.435. The fourth-order valence-electron chi connectivity index (χ4n) is 4.10. The number of aryl methyl sites for hydroxylation is 1. The second-order valence-corrected chi connectivity index (χ2v) is 9.26. The highest BCUT2D eigenvalue weighted by atomic mass is 35.5. The lowest BCUT2D eigenvalue weighted by molar-refractivity contribution is -0.246. The molecule has 0 spiro atoms. The Bertz CT molecular complexity index is 1160. The summed E-state index contributed by atoms with van der Waals surface area (Å²) in [6.07, 6.45) is 2.15. The molecule has 1 N–H and O–H groups in total. The molecule has 0 aliphatic carbocycles. The molecule has 0 saturated carbocycles. The van der Waals surface area contributed by atoms with Gasteiger partial charge in [-0.25, -0.2) is 9.97 Å². The van der Waals surface area contributed by atoms with E-state index in [0.717, 1.165) is 11.1 Å². The number of hydrogen-bond acceptors (Lipinski definition) is 6. The van der Waals surface area contributed by atoms with Gasteiger partial charge in [0, 0.05) is 23.6 Å². The van der Waals surface area contributed by atoms with Crippen LogP contribution in [0.15, 0.2) is 36.8 Å². The van der Waals surface area contributed by atoms with E-state index in [-0.39, 0.29) is 10.8 Å². The van der Waals surface area contributed by atoms with E-state index >= 15 is 0 Å². The molecular weight excluding hydrogens is 441 g/mol. The van der Waals surface area contributed by atoms with Gasteiger partial charge >= 0.3 is 0 Å². The second-order valence-electron chi connectivity index (χ2n) is 8.45. The monoisotopic (exact) mass is 463 g/mol. The number of aliphatic hydroxyl groups is 1. The third-order valence-corrected chi connectivity index (χ3v) is 6.11. The summed E-state index contributed by atoms with van der Waals surface area (Å²) in [5, 5.41) is 11.9. The van der Waals surface area contributed by atoms with Crippen molar-refractivity contribution in [3.05, 3.63) is 58.1 Å². The number of halogens is 2. The molecule has 0 radical (unpaired) electrons. The highest BCUT2D eigenvalue weighted by Gasteiger charge is 2.53. The van der Waals surface area contributed by atoms with E-state index in [1.165, 1.54) is 26.2 Å². The zero-order valence-corrected chi connectivity index (χ0v) is 19.1. The molecule has 0 bridgehead atoms. The fourth-order valence-corrected chi connectivity index (χ4v) is 4.40. The summed E-state index contributed by atoms with van der Waals surface area (Å²) in [4.78, 5) is 22.0. The van der Waals surface area contributed by atoms with Crippen molar-refractivity contribution < 1.29 is 19.4 Å². The number of rotatable bonds is 5. The van der Waals surface area contributed by atoms with E-state index in [1.54, 1.807) is 19.1 Å². The number of ketones is 1. The molecule has 1 aromatic carbocycles. The van der Waals surface area contributed by atoms with Gasteiger partial charge in [-0.05, 0) is 52.0 Å². The summed E-state index contributed by atoms with van der Waals surface area (Å²) in [7, 11) is 0. The molecule has 3 aromatic rings. The standard InChI is InChI=1S/C22H23Cl2N3O4/c1-12-14-7-8-27(20(14)26-11-25-12)17-10-22(4,31-21(2,3)29)19(30-17)18(28)13-5-6-15(23)16(24)9-13/h5-9,11,17,19,29H,10H2,1-4H3. The maximum Gasteiger partial charge on any atom is 0.194 e. The van der Waals surface area contributed by atoms with Crippen LogP contribution in [-0.4, -0.2) is 42.9 Å². The molecule has 3 unspecified atom stereocenters. The van der Waals surface area contributed by atoms with Gasteiger partial charge in [-0.15, -0.1) is 0 Å². The molecular formula is C22H23Cl2N3O4. The third kappa shape index (κ3) is 4.21. The highest BCUT2D eigenvalue weighted by Crippen LogP contribution is 2.43. The van der Waals surface area contributed by atoms with E-state index in [4.69, 9.17) is 32.7 Å². The van der Waals surface area contributed by atoms with Crippen LogP contribution in [0.5, 0.6) is 0 Å². The van der Waals surface area contributed by atoms with Gasteiger partial charge in [0.2, 0.25) is 0 Å². The molecule has 3 atom stereocenters. The topological polar surface area (TPSA) is 86.5 Å². The van der Waals surface area contributed by atoms with Crippen LogP contribution in [0.1, 0.15) is 49.5 Å². The molecule has 2 aromatic heterocycles. The van der Waals surface area contributed by atoms with Gasteiger partial charge in [-0.3, -0.25) is 4.79 Å². The maximum atomic E-state index is 13.4. The number of carbonyl (C=O) groups is 1. The smallest absolute Gasteiger partial charge is 0.194 e. The number of benzene rings is 1. The Labute approximate surface area is 189 Å². The van der Waals surface area contributed by atoms with Gasteiger partial charge in [0.05, 0.1) is 15.7 Å². The first-order valence-electron chi connectivity index (χ1n) is 9.84. The second kappa shape index (κ2) is 7.83. The number of ether oxygens (including phenoxy) is 2. The molecule has 3 heterocycles. The van der Waals surface area contributed by atoms with Crippen LogP contribution >= 0.6 is 23.2 Å². The molecule has 1 aliphatic rings. The van der Waals surface area contributed by atoms with Crippen LogP contribution in [0.3, 0.4) is 0 Å². The summed E-state index contributed by atoms with van der Waals surface area (Å²) >= 11 is 12.1. The lowest BCUT2D eigenvalue weighted by Crippen LogP contribution is -2.48. The third-order valence-electron chi connectivity index (χ3n) is 5.37. The molecule has 1 fully saturated rings. The van der Waals surface area contributed by atoms with Crippen molar-refractivity contribution in [1.29, 1.82) is 0 Å². The molecule has 7 nitrogen and oxygen atoms in total. The van der Waals surface area contributed by atoms with Crippen molar-refractivity contribution in [1.82, 2.24) is 14.5 Å². The molecule has 164 valence electrons. The summed E-state index contributed by atoms with van der Waals surface area (Å²) in [6, 6.07) is 6.58. The lowest BCUT2D eigenvalue weighted by atomic mass is 9.90. The SMILES string of the molecule is Cc1ncnc2c1ccn2C1CC(C)(OC(C)(C)O)C(C(=O)c2ccc(Cl)c(Cl)c2)O1. The Balaban J connectivity index is 1.74. The van der Waals surface area contributed by atoms with E-state index < -0.39 is 23.7 Å². The van der Waals surface area contributed by atoms with Gasteiger partial charge < -0.3 is 19.1 Å². The van der Waals surface area contributed by atoms with Crippen LogP contribution in [0, 0.1) is 6.92 Å². The van der Waals surface area contributed by atoms with E-state index in [1.807, 2.05) is 23.8 Å². The largest absolute Gasteiger partial charge is 0.366 e. The Morgan fingerprint density at radius 2 is 2.03 bits per heavy atom. The highest BCUT2D eigenvalue weighted by molar-refractivity contribution is 6.42. The average molecular weight is 464 g/mol. The average Bonchev–Trinajstić information content (AvgIpc) is 3.24. The number of nitrogens with zero attached hydrogens (tertiary/aromatic N) is 3. The van der Waals surface area contributed by atoms with E-state index in [9.17, 15) is 9.90 Å². The van der Waals surface area contributed by atoms with Gasteiger partial charge in [-0.2, -0.15) is 0 Å². The molecule has 1 aliphatic heterocycles. The minimum atomic E-state index is -1.47. The molecule has 1 saturated heterocycles. The van der Waals surface area contributed by atoms with Gasteiger partial charge in [0.25, 0.3) is 0 Å². The van der Waals surface area contributed by atoms with Crippen molar-refractivity contribution in [2.45, 2.75) is 57.8 Å². The molecule has 4 rings (SSSR count). The molecule has 0 amide bonds. The Kier molecular flexibility index (Phi) is 5.60.